The number of hydrogen-bond acceptors (Lipinski definition) is 7. The van der Waals surface area contributed by atoms with Crippen molar-refractivity contribution in [2.24, 2.45) is 0 Å². The third kappa shape index (κ3) is 5.70. The highest BCUT2D eigenvalue weighted by molar-refractivity contribution is 7.87. The van der Waals surface area contributed by atoms with Gasteiger partial charge in [-0.2, -0.15) is 13.5 Å². The van der Waals surface area contributed by atoms with Gasteiger partial charge >= 0.3 is 10.1 Å². The van der Waals surface area contributed by atoms with Crippen molar-refractivity contribution in [2.45, 2.75) is 31.7 Å². The Balaban J connectivity index is 1.56. The van der Waals surface area contributed by atoms with Crippen molar-refractivity contribution in [2.75, 3.05) is 6.54 Å². The molecule has 0 aliphatic heterocycles. The van der Waals surface area contributed by atoms with Gasteiger partial charge in [-0.05, 0) is 56.7 Å². The van der Waals surface area contributed by atoms with Gasteiger partial charge in [0, 0.05) is 36.5 Å². The fourth-order valence-corrected chi connectivity index (χ4v) is 3.99. The number of carbonyl (C=O) groups is 1. The SMILES string of the molecule is Cc1cc(C)n(CCCNC(=O)c2ccc(OS(=O)(=O)c3cccc([N+](=O)[O-])c3)cc2)n1. The topological polar surface area (TPSA) is 133 Å². The first kappa shape index (κ1) is 22.9. The van der Waals surface area contributed by atoms with Crippen molar-refractivity contribution in [3.8, 4) is 5.75 Å². The van der Waals surface area contributed by atoms with Gasteiger partial charge in [-0.3, -0.25) is 19.6 Å². The van der Waals surface area contributed by atoms with E-state index < -0.39 is 15.0 Å². The van der Waals surface area contributed by atoms with Crippen LogP contribution in [-0.4, -0.2) is 35.6 Å². The summed E-state index contributed by atoms with van der Waals surface area (Å²) in [5, 5.41) is 18.0. The molecule has 1 heterocycles. The summed E-state index contributed by atoms with van der Waals surface area (Å²) in [6.07, 6.45) is 0.705. The standard InChI is InChI=1S/C21H22N4O6S/c1-15-13-16(2)24(23-15)12-4-11-22-21(26)17-7-9-19(10-8-17)31-32(29,30)20-6-3-5-18(14-20)25(27)28/h3,5-10,13-14H,4,11-12H2,1-2H3,(H,22,26). The minimum absolute atomic E-state index is 0.0161. The first-order chi connectivity index (χ1) is 15.2. The van der Waals surface area contributed by atoms with E-state index >= 15 is 0 Å². The number of aromatic nitrogens is 2. The molecule has 0 bridgehead atoms. The van der Waals surface area contributed by atoms with Gasteiger partial charge in [0.1, 0.15) is 10.6 Å². The quantitative estimate of drug-likeness (QED) is 0.225. The van der Waals surface area contributed by atoms with Crippen molar-refractivity contribution in [1.82, 2.24) is 15.1 Å². The zero-order chi connectivity index (χ0) is 23.3. The molecule has 32 heavy (non-hydrogen) atoms. The molecule has 0 radical (unpaired) electrons. The zero-order valence-electron chi connectivity index (χ0n) is 17.5. The van der Waals surface area contributed by atoms with Crippen LogP contribution < -0.4 is 9.50 Å². The maximum Gasteiger partial charge on any atom is 0.339 e. The first-order valence-corrected chi connectivity index (χ1v) is 11.1. The molecule has 0 spiro atoms. The monoisotopic (exact) mass is 458 g/mol. The highest BCUT2D eigenvalue weighted by Crippen LogP contribution is 2.22. The van der Waals surface area contributed by atoms with Crippen LogP contribution in [0.25, 0.3) is 0 Å². The van der Waals surface area contributed by atoms with Crippen LogP contribution in [0.2, 0.25) is 0 Å². The summed E-state index contributed by atoms with van der Waals surface area (Å²) in [5.41, 5.74) is 1.99. The van der Waals surface area contributed by atoms with E-state index in [1.54, 1.807) is 0 Å². The van der Waals surface area contributed by atoms with Gasteiger partial charge in [-0.25, -0.2) is 0 Å². The van der Waals surface area contributed by atoms with E-state index in [1.807, 2.05) is 24.6 Å². The number of nitro benzene ring substituents is 1. The molecule has 0 aliphatic carbocycles. The van der Waals surface area contributed by atoms with E-state index in [4.69, 9.17) is 4.18 Å². The van der Waals surface area contributed by atoms with Crippen molar-refractivity contribution >= 4 is 21.7 Å². The van der Waals surface area contributed by atoms with Crippen LogP contribution >= 0.6 is 0 Å². The van der Waals surface area contributed by atoms with E-state index in [9.17, 15) is 23.3 Å². The van der Waals surface area contributed by atoms with Crippen molar-refractivity contribution in [1.29, 1.82) is 0 Å². The third-order valence-corrected chi connectivity index (χ3v) is 5.82. The molecule has 3 aromatic rings. The number of nitrogens with zero attached hydrogens (tertiary/aromatic N) is 3. The molecule has 0 saturated heterocycles. The van der Waals surface area contributed by atoms with Crippen LogP contribution in [0.3, 0.4) is 0 Å². The zero-order valence-corrected chi connectivity index (χ0v) is 18.3. The Hall–Kier alpha value is -3.73. The Morgan fingerprint density at radius 3 is 2.50 bits per heavy atom. The molecule has 0 unspecified atom stereocenters. The smallest absolute Gasteiger partial charge is 0.339 e. The summed E-state index contributed by atoms with van der Waals surface area (Å²) in [6, 6.07) is 12.1. The largest absolute Gasteiger partial charge is 0.379 e. The first-order valence-electron chi connectivity index (χ1n) is 9.74. The van der Waals surface area contributed by atoms with Crippen LogP contribution in [0.15, 0.2) is 59.5 Å². The molecule has 3 rings (SSSR count). The Morgan fingerprint density at radius 2 is 1.88 bits per heavy atom. The third-order valence-electron chi connectivity index (χ3n) is 4.58. The summed E-state index contributed by atoms with van der Waals surface area (Å²) >= 11 is 0. The normalized spacial score (nSPS) is 11.2. The number of hydrogen-bond donors (Lipinski definition) is 1. The minimum Gasteiger partial charge on any atom is -0.379 e. The number of non-ortho nitro benzene ring substituents is 1. The van der Waals surface area contributed by atoms with Gasteiger partial charge in [-0.1, -0.05) is 6.07 Å². The van der Waals surface area contributed by atoms with E-state index in [-0.39, 0.29) is 22.2 Å². The van der Waals surface area contributed by atoms with Gasteiger partial charge < -0.3 is 9.50 Å². The molecule has 10 nitrogen and oxygen atoms in total. The number of nitro groups is 1. The molecule has 0 fully saturated rings. The minimum atomic E-state index is -4.26. The van der Waals surface area contributed by atoms with Crippen LogP contribution in [0.1, 0.15) is 28.2 Å². The predicted octanol–water partition coefficient (Wildman–Crippen LogP) is 3.00. The molecule has 1 amide bonds. The second-order valence-electron chi connectivity index (χ2n) is 7.08. The van der Waals surface area contributed by atoms with Crippen molar-refractivity contribution in [3.05, 3.63) is 81.7 Å². The van der Waals surface area contributed by atoms with Gasteiger partial charge in [0.2, 0.25) is 0 Å². The van der Waals surface area contributed by atoms with Crippen LogP contribution in [0.5, 0.6) is 5.75 Å². The Bertz CT molecular complexity index is 1240. The summed E-state index contributed by atoms with van der Waals surface area (Å²) in [5.74, 6) is -0.316. The molecule has 0 aliphatic rings. The lowest BCUT2D eigenvalue weighted by Gasteiger charge is -2.09. The molecule has 2 aromatic carbocycles. The van der Waals surface area contributed by atoms with Gasteiger partial charge in [0.25, 0.3) is 11.6 Å². The predicted molar refractivity (Wildman–Crippen MR) is 116 cm³/mol. The van der Waals surface area contributed by atoms with Crippen LogP contribution in [0.4, 0.5) is 5.69 Å². The fraction of sp³-hybridized carbons (Fsp3) is 0.238. The van der Waals surface area contributed by atoms with E-state index in [0.717, 1.165) is 17.5 Å². The summed E-state index contributed by atoms with van der Waals surface area (Å²) in [7, 11) is -4.26. The molecule has 1 aromatic heterocycles. The second kappa shape index (κ2) is 9.60. The number of rotatable bonds is 9. The Kier molecular flexibility index (Phi) is 6.89. The molecule has 0 saturated carbocycles. The van der Waals surface area contributed by atoms with Gasteiger partial charge in [-0.15, -0.1) is 0 Å². The maximum atomic E-state index is 12.4. The fourth-order valence-electron chi connectivity index (χ4n) is 3.02. The number of benzene rings is 2. The lowest BCUT2D eigenvalue weighted by molar-refractivity contribution is -0.385. The Morgan fingerprint density at radius 1 is 1.16 bits per heavy atom. The average molecular weight is 458 g/mol. The van der Waals surface area contributed by atoms with E-state index in [0.29, 0.717) is 25.1 Å². The van der Waals surface area contributed by atoms with Crippen molar-refractivity contribution < 1.29 is 22.3 Å². The van der Waals surface area contributed by atoms with Gasteiger partial charge in [0.05, 0.1) is 10.6 Å². The van der Waals surface area contributed by atoms with E-state index in [2.05, 4.69) is 10.4 Å². The molecule has 168 valence electrons. The van der Waals surface area contributed by atoms with E-state index in [1.165, 1.54) is 42.5 Å². The molecule has 0 atom stereocenters. The number of aryl methyl sites for hydroxylation is 3. The summed E-state index contributed by atoms with van der Waals surface area (Å²) < 4.78 is 31.7. The Labute approximate surface area is 185 Å². The highest BCUT2D eigenvalue weighted by atomic mass is 32.2. The van der Waals surface area contributed by atoms with Gasteiger partial charge in [0.15, 0.2) is 0 Å². The average Bonchev–Trinajstić information content (AvgIpc) is 3.08. The molecule has 1 N–H and O–H groups in total. The number of nitrogens with one attached hydrogen (secondary N) is 1. The lowest BCUT2D eigenvalue weighted by atomic mass is 10.2. The van der Waals surface area contributed by atoms with Crippen molar-refractivity contribution in [3.63, 3.8) is 0 Å². The second-order valence-corrected chi connectivity index (χ2v) is 8.62. The van der Waals surface area contributed by atoms with Crippen LogP contribution in [0, 0.1) is 24.0 Å². The molecular weight excluding hydrogens is 436 g/mol. The van der Waals surface area contributed by atoms with Crippen LogP contribution in [-0.2, 0) is 16.7 Å². The number of amides is 1. The highest BCUT2D eigenvalue weighted by Gasteiger charge is 2.20. The summed E-state index contributed by atoms with van der Waals surface area (Å²) in [6.45, 7) is 5.04. The molecular formula is C21H22N4O6S. The maximum absolute atomic E-state index is 12.4. The lowest BCUT2D eigenvalue weighted by Crippen LogP contribution is -2.25. The molecule has 11 heteroatoms. The number of carbonyl (C=O) groups excluding carboxylic acids is 1. The summed E-state index contributed by atoms with van der Waals surface area (Å²) in [4.78, 5) is 22.1.